The first-order chi connectivity index (χ1) is 7.20. The van der Waals surface area contributed by atoms with Gasteiger partial charge in [0.25, 0.3) is 0 Å². The van der Waals surface area contributed by atoms with E-state index in [1.165, 1.54) is 0 Å². The third kappa shape index (κ3) is 1.75. The normalized spacial score (nSPS) is 10.1. The Balaban J connectivity index is 2.57. The first-order valence-corrected chi connectivity index (χ1v) is 4.69. The molecule has 0 saturated heterocycles. The Morgan fingerprint density at radius 3 is 2.93 bits per heavy atom. The van der Waals surface area contributed by atoms with Crippen molar-refractivity contribution in [3.8, 4) is 6.07 Å². The minimum atomic E-state index is 0.106. The van der Waals surface area contributed by atoms with Crippen molar-refractivity contribution in [1.29, 1.82) is 5.26 Å². The zero-order valence-corrected chi connectivity index (χ0v) is 8.40. The van der Waals surface area contributed by atoms with Gasteiger partial charge in [-0.3, -0.25) is 4.79 Å². The Hall–Kier alpha value is -2.08. The zero-order chi connectivity index (χ0) is 10.8. The van der Waals surface area contributed by atoms with Gasteiger partial charge in [0.15, 0.2) is 0 Å². The number of carbonyl (C=O) groups excluding carboxylic acids is 1. The Kier molecular flexibility index (Phi) is 2.26. The topological polar surface area (TPSA) is 45.8 Å². The lowest BCUT2D eigenvalue weighted by molar-refractivity contribution is -0.117. The van der Waals surface area contributed by atoms with Crippen molar-refractivity contribution in [1.82, 2.24) is 4.57 Å². The first-order valence-electron chi connectivity index (χ1n) is 4.69. The monoisotopic (exact) mass is 198 g/mol. The number of carbonyl (C=O) groups is 1. The molecule has 0 aliphatic carbocycles. The van der Waals surface area contributed by atoms with Crippen LogP contribution in [0.3, 0.4) is 0 Å². The lowest BCUT2D eigenvalue weighted by Crippen LogP contribution is -2.04. The van der Waals surface area contributed by atoms with E-state index in [9.17, 15) is 4.79 Å². The fraction of sp³-hybridized carbons (Fsp3) is 0.167. The summed E-state index contributed by atoms with van der Waals surface area (Å²) >= 11 is 0. The first kappa shape index (κ1) is 9.47. The van der Waals surface area contributed by atoms with Crippen molar-refractivity contribution in [2.24, 2.45) is 0 Å². The maximum absolute atomic E-state index is 11.0. The molecule has 1 aromatic heterocycles. The van der Waals surface area contributed by atoms with Gasteiger partial charge in [-0.05, 0) is 30.5 Å². The van der Waals surface area contributed by atoms with E-state index in [0.717, 1.165) is 10.9 Å². The van der Waals surface area contributed by atoms with E-state index in [0.29, 0.717) is 12.1 Å². The molecule has 0 unspecified atom stereocenters. The second kappa shape index (κ2) is 3.58. The molecule has 2 rings (SSSR count). The highest BCUT2D eigenvalue weighted by atomic mass is 16.1. The van der Waals surface area contributed by atoms with Crippen molar-refractivity contribution >= 4 is 16.7 Å². The number of rotatable bonds is 2. The van der Waals surface area contributed by atoms with Gasteiger partial charge in [-0.2, -0.15) is 5.26 Å². The van der Waals surface area contributed by atoms with Gasteiger partial charge in [-0.15, -0.1) is 0 Å². The molecule has 3 nitrogen and oxygen atoms in total. The van der Waals surface area contributed by atoms with Crippen LogP contribution in [0, 0.1) is 11.3 Å². The smallest absolute Gasteiger partial charge is 0.149 e. The van der Waals surface area contributed by atoms with Crippen molar-refractivity contribution in [2.45, 2.75) is 13.5 Å². The van der Waals surface area contributed by atoms with Crippen LogP contribution in [0.1, 0.15) is 12.5 Å². The molecule has 0 aliphatic rings. The van der Waals surface area contributed by atoms with Crippen LogP contribution in [0.15, 0.2) is 30.5 Å². The second-order valence-corrected chi connectivity index (χ2v) is 3.53. The third-order valence-corrected chi connectivity index (χ3v) is 2.30. The van der Waals surface area contributed by atoms with Crippen LogP contribution in [0.25, 0.3) is 10.9 Å². The highest BCUT2D eigenvalue weighted by Gasteiger charge is 2.03. The SMILES string of the molecule is CC(=O)Cn1ccc2ccc(C#N)cc21. The van der Waals surface area contributed by atoms with Crippen molar-refractivity contribution in [3.05, 3.63) is 36.0 Å². The summed E-state index contributed by atoms with van der Waals surface area (Å²) < 4.78 is 1.86. The van der Waals surface area contributed by atoms with Gasteiger partial charge in [-0.25, -0.2) is 0 Å². The molecule has 15 heavy (non-hydrogen) atoms. The number of nitrogens with zero attached hydrogens (tertiary/aromatic N) is 2. The van der Waals surface area contributed by atoms with Crippen LogP contribution in [0.5, 0.6) is 0 Å². The van der Waals surface area contributed by atoms with Crippen LogP contribution in [-0.4, -0.2) is 10.4 Å². The Morgan fingerprint density at radius 1 is 1.47 bits per heavy atom. The maximum atomic E-state index is 11.0. The Morgan fingerprint density at radius 2 is 2.27 bits per heavy atom. The number of nitriles is 1. The summed E-state index contributed by atoms with van der Waals surface area (Å²) in [7, 11) is 0. The molecule has 0 radical (unpaired) electrons. The molecule has 2 aromatic rings. The second-order valence-electron chi connectivity index (χ2n) is 3.53. The van der Waals surface area contributed by atoms with Gasteiger partial charge in [0, 0.05) is 11.7 Å². The van der Waals surface area contributed by atoms with Crippen molar-refractivity contribution in [3.63, 3.8) is 0 Å². The molecule has 0 aliphatic heterocycles. The standard InChI is InChI=1S/C12H10N2O/c1-9(15)8-14-5-4-11-3-2-10(7-13)6-12(11)14/h2-6H,8H2,1H3. The number of ketones is 1. The summed E-state index contributed by atoms with van der Waals surface area (Å²) in [4.78, 5) is 11.0. The van der Waals surface area contributed by atoms with Crippen LogP contribution < -0.4 is 0 Å². The van der Waals surface area contributed by atoms with Gasteiger partial charge >= 0.3 is 0 Å². The minimum Gasteiger partial charge on any atom is -0.340 e. The fourth-order valence-electron chi connectivity index (χ4n) is 1.63. The molecule has 0 spiro atoms. The van der Waals surface area contributed by atoms with E-state index >= 15 is 0 Å². The Bertz CT molecular complexity index is 560. The predicted octanol–water partition coefficient (Wildman–Crippen LogP) is 2.10. The highest BCUT2D eigenvalue weighted by molar-refractivity contribution is 5.84. The summed E-state index contributed by atoms with van der Waals surface area (Å²) in [6.07, 6.45) is 1.87. The minimum absolute atomic E-state index is 0.106. The van der Waals surface area contributed by atoms with E-state index in [1.807, 2.05) is 22.9 Å². The average molecular weight is 198 g/mol. The summed E-state index contributed by atoms with van der Waals surface area (Å²) in [6, 6.07) is 9.51. The molecule has 0 saturated carbocycles. The van der Waals surface area contributed by atoms with E-state index in [4.69, 9.17) is 5.26 Å². The summed E-state index contributed by atoms with van der Waals surface area (Å²) in [5.41, 5.74) is 1.55. The number of hydrogen-bond acceptors (Lipinski definition) is 2. The van der Waals surface area contributed by atoms with Gasteiger partial charge in [0.05, 0.1) is 18.2 Å². The lowest BCUT2D eigenvalue weighted by atomic mass is 10.2. The van der Waals surface area contributed by atoms with Crippen LogP contribution >= 0.6 is 0 Å². The van der Waals surface area contributed by atoms with E-state index in [1.54, 1.807) is 19.1 Å². The molecule has 3 heteroatoms. The van der Waals surface area contributed by atoms with E-state index in [-0.39, 0.29) is 5.78 Å². The molecule has 0 atom stereocenters. The van der Waals surface area contributed by atoms with Gasteiger partial charge in [0.1, 0.15) is 5.78 Å². The fourth-order valence-corrected chi connectivity index (χ4v) is 1.63. The molecular weight excluding hydrogens is 188 g/mol. The molecule has 0 N–H and O–H groups in total. The maximum Gasteiger partial charge on any atom is 0.149 e. The van der Waals surface area contributed by atoms with Crippen LogP contribution in [0.2, 0.25) is 0 Å². The number of aromatic nitrogens is 1. The van der Waals surface area contributed by atoms with E-state index in [2.05, 4.69) is 6.07 Å². The molecule has 0 amide bonds. The molecule has 1 aromatic carbocycles. The predicted molar refractivity (Wildman–Crippen MR) is 57.3 cm³/mol. The molecule has 0 bridgehead atoms. The van der Waals surface area contributed by atoms with Crippen LogP contribution in [-0.2, 0) is 11.3 Å². The molecular formula is C12H10N2O. The number of fused-ring (bicyclic) bond motifs is 1. The Labute approximate surface area is 87.5 Å². The largest absolute Gasteiger partial charge is 0.340 e. The van der Waals surface area contributed by atoms with Gasteiger partial charge < -0.3 is 4.57 Å². The number of hydrogen-bond donors (Lipinski definition) is 0. The van der Waals surface area contributed by atoms with Gasteiger partial charge in [0.2, 0.25) is 0 Å². The van der Waals surface area contributed by atoms with E-state index < -0.39 is 0 Å². The summed E-state index contributed by atoms with van der Waals surface area (Å²) in [5.74, 6) is 0.106. The zero-order valence-electron chi connectivity index (χ0n) is 8.40. The molecule has 0 fully saturated rings. The third-order valence-electron chi connectivity index (χ3n) is 2.30. The van der Waals surface area contributed by atoms with Gasteiger partial charge in [-0.1, -0.05) is 6.07 Å². The van der Waals surface area contributed by atoms with Crippen LogP contribution in [0.4, 0.5) is 0 Å². The molecule has 1 heterocycles. The highest BCUT2D eigenvalue weighted by Crippen LogP contribution is 2.17. The number of benzene rings is 1. The summed E-state index contributed by atoms with van der Waals surface area (Å²) in [5, 5.41) is 9.83. The lowest BCUT2D eigenvalue weighted by Gasteiger charge is -2.01. The van der Waals surface area contributed by atoms with Crippen molar-refractivity contribution in [2.75, 3.05) is 0 Å². The van der Waals surface area contributed by atoms with Crippen molar-refractivity contribution < 1.29 is 4.79 Å². The summed E-state index contributed by atoms with van der Waals surface area (Å²) in [6.45, 7) is 1.92. The average Bonchev–Trinajstić information content (AvgIpc) is 2.60. The quantitative estimate of drug-likeness (QED) is 0.741. The number of Topliss-reactive ketones (excluding diaryl/α,β-unsaturated/α-hetero) is 1. The molecule has 74 valence electrons.